The third-order valence-corrected chi connectivity index (χ3v) is 8.13. The Balaban J connectivity index is 0.00000338. The lowest BCUT2D eigenvalue weighted by Gasteiger charge is -2.40. The number of aliphatic imine (C=N–C) groups is 1. The molecule has 0 aromatic heterocycles. The second-order valence-electron chi connectivity index (χ2n) is 7.97. The number of piperidine rings is 1. The third kappa shape index (κ3) is 5.95. The van der Waals surface area contributed by atoms with Gasteiger partial charge >= 0.3 is 0 Å². The monoisotopic (exact) mass is 500 g/mol. The van der Waals surface area contributed by atoms with Gasteiger partial charge in [-0.2, -0.15) is 0 Å². The minimum Gasteiger partial charge on any atom is -0.355 e. The Kier molecular flexibility index (Phi) is 9.63. The predicted molar refractivity (Wildman–Crippen MR) is 120 cm³/mol. The highest BCUT2D eigenvalue weighted by Crippen LogP contribution is 2.24. The fraction of sp³-hybridized carbons (Fsp3) is 0.944. The summed E-state index contributed by atoms with van der Waals surface area (Å²) in [7, 11) is -1.24. The Labute approximate surface area is 177 Å². The molecule has 8 heteroatoms. The second-order valence-corrected chi connectivity index (χ2v) is 10.7. The summed E-state index contributed by atoms with van der Waals surface area (Å²) in [5, 5.41) is 3.52. The zero-order valence-corrected chi connectivity index (χ0v) is 20.0. The Hall–Kier alpha value is -0.0900. The van der Waals surface area contributed by atoms with Gasteiger partial charge in [-0.25, -0.2) is 8.42 Å². The van der Waals surface area contributed by atoms with E-state index in [1.165, 1.54) is 45.2 Å². The average Bonchev–Trinajstić information content (AvgIpc) is 2.57. The Bertz CT molecular complexity index is 566. The number of hydrogen-bond donors (Lipinski definition) is 1. The van der Waals surface area contributed by atoms with Crippen molar-refractivity contribution in [2.24, 2.45) is 4.99 Å². The van der Waals surface area contributed by atoms with E-state index >= 15 is 0 Å². The third-order valence-electron chi connectivity index (χ3n) is 5.60. The molecule has 154 valence electrons. The van der Waals surface area contributed by atoms with Gasteiger partial charge in [-0.3, -0.25) is 9.89 Å². The van der Waals surface area contributed by atoms with Crippen LogP contribution in [0.2, 0.25) is 0 Å². The minimum atomic E-state index is -3.02. The summed E-state index contributed by atoms with van der Waals surface area (Å²) in [6.07, 6.45) is 6.31. The van der Waals surface area contributed by atoms with Crippen molar-refractivity contribution in [1.29, 1.82) is 0 Å². The van der Waals surface area contributed by atoms with Crippen LogP contribution < -0.4 is 5.32 Å². The highest BCUT2D eigenvalue weighted by molar-refractivity contribution is 14.0. The lowest BCUT2D eigenvalue weighted by atomic mass is 10.0. The van der Waals surface area contributed by atoms with Gasteiger partial charge in [0.05, 0.1) is 10.5 Å². The van der Waals surface area contributed by atoms with Crippen LogP contribution in [0.5, 0.6) is 0 Å². The first-order valence-corrected chi connectivity index (χ1v) is 11.4. The minimum absolute atomic E-state index is 0. The summed E-state index contributed by atoms with van der Waals surface area (Å²) in [5.74, 6) is 1.04. The van der Waals surface area contributed by atoms with E-state index in [0.717, 1.165) is 12.5 Å². The van der Waals surface area contributed by atoms with Crippen molar-refractivity contribution >= 4 is 39.8 Å². The van der Waals surface area contributed by atoms with Gasteiger partial charge in [-0.05, 0) is 46.2 Å². The van der Waals surface area contributed by atoms with Crippen LogP contribution in [0.15, 0.2) is 4.99 Å². The molecule has 2 aliphatic rings. The lowest BCUT2D eigenvalue weighted by molar-refractivity contribution is 0.146. The molecule has 0 aromatic rings. The number of likely N-dealkylation sites (tertiary alicyclic amines) is 1. The van der Waals surface area contributed by atoms with Gasteiger partial charge < -0.3 is 10.2 Å². The van der Waals surface area contributed by atoms with Crippen LogP contribution in [0.3, 0.4) is 0 Å². The van der Waals surface area contributed by atoms with Crippen molar-refractivity contribution in [3.63, 3.8) is 0 Å². The summed E-state index contributed by atoms with van der Waals surface area (Å²) in [4.78, 5) is 9.12. The van der Waals surface area contributed by atoms with Crippen molar-refractivity contribution < 1.29 is 8.42 Å². The predicted octanol–water partition coefficient (Wildman–Crippen LogP) is 2.34. The van der Waals surface area contributed by atoms with E-state index < -0.39 is 14.6 Å². The molecule has 2 aliphatic heterocycles. The van der Waals surface area contributed by atoms with E-state index in [1.807, 2.05) is 13.8 Å². The number of sulfone groups is 1. The number of rotatable bonds is 5. The topological polar surface area (TPSA) is 65.0 Å². The summed E-state index contributed by atoms with van der Waals surface area (Å²) in [6.45, 7) is 10.2. The Morgan fingerprint density at radius 1 is 1.27 bits per heavy atom. The van der Waals surface area contributed by atoms with Crippen molar-refractivity contribution in [2.45, 2.75) is 63.7 Å². The quantitative estimate of drug-likeness (QED) is 0.357. The molecule has 0 aliphatic carbocycles. The zero-order valence-electron chi connectivity index (χ0n) is 16.8. The van der Waals surface area contributed by atoms with E-state index in [0.29, 0.717) is 19.1 Å². The lowest BCUT2D eigenvalue weighted by Crippen LogP contribution is -2.58. The molecule has 1 unspecified atom stereocenters. The standard InChI is InChI=1S/C18H36N4O2S.HI/c1-5-6-10-21-11-8-7-9-16(21)14-20-17(19-4)22-12-13-25(23,24)18(2,3)15-22;/h16H,5-15H2,1-4H3,(H,19,20);1H. The average molecular weight is 500 g/mol. The van der Waals surface area contributed by atoms with Crippen LogP contribution in [0, 0.1) is 0 Å². The maximum absolute atomic E-state index is 12.2. The molecule has 0 aromatic carbocycles. The van der Waals surface area contributed by atoms with E-state index in [9.17, 15) is 8.42 Å². The van der Waals surface area contributed by atoms with Gasteiger partial charge in [-0.15, -0.1) is 24.0 Å². The fourth-order valence-electron chi connectivity index (χ4n) is 3.81. The van der Waals surface area contributed by atoms with E-state index in [2.05, 4.69) is 27.0 Å². The van der Waals surface area contributed by atoms with Gasteiger partial charge in [0.2, 0.25) is 0 Å². The molecule has 6 nitrogen and oxygen atoms in total. The molecule has 0 saturated carbocycles. The van der Waals surface area contributed by atoms with Crippen LogP contribution in [0.1, 0.15) is 52.9 Å². The first-order valence-electron chi connectivity index (χ1n) is 9.72. The normalized spacial score (nSPS) is 26.2. The van der Waals surface area contributed by atoms with Crippen molar-refractivity contribution in [1.82, 2.24) is 15.1 Å². The van der Waals surface area contributed by atoms with Gasteiger partial charge in [0.25, 0.3) is 0 Å². The van der Waals surface area contributed by atoms with E-state index in [-0.39, 0.29) is 29.7 Å². The van der Waals surface area contributed by atoms with Gasteiger partial charge in [0.1, 0.15) is 0 Å². The number of nitrogens with one attached hydrogen (secondary N) is 1. The SMILES string of the molecule is CCCCN1CCCCC1CNC(=NC)N1CCS(=O)(=O)C(C)(C)C1.I. The highest BCUT2D eigenvalue weighted by Gasteiger charge is 2.41. The van der Waals surface area contributed by atoms with Gasteiger partial charge in [0, 0.05) is 32.7 Å². The molecular weight excluding hydrogens is 463 g/mol. The number of halogens is 1. The summed E-state index contributed by atoms with van der Waals surface area (Å²) in [5.41, 5.74) is 0. The largest absolute Gasteiger partial charge is 0.355 e. The Morgan fingerprint density at radius 2 is 2.00 bits per heavy atom. The van der Waals surface area contributed by atoms with E-state index in [4.69, 9.17) is 0 Å². The smallest absolute Gasteiger partial charge is 0.193 e. The molecule has 0 amide bonds. The molecule has 2 heterocycles. The molecule has 26 heavy (non-hydrogen) atoms. The summed E-state index contributed by atoms with van der Waals surface area (Å²) >= 11 is 0. The number of guanidine groups is 1. The molecule has 1 atom stereocenters. The maximum Gasteiger partial charge on any atom is 0.193 e. The first-order chi connectivity index (χ1) is 11.8. The highest BCUT2D eigenvalue weighted by atomic mass is 127. The fourth-order valence-corrected chi connectivity index (χ4v) is 5.18. The van der Waals surface area contributed by atoms with Crippen molar-refractivity contribution in [2.75, 3.05) is 45.5 Å². The molecule has 0 spiro atoms. The van der Waals surface area contributed by atoms with Crippen LogP contribution in [-0.4, -0.2) is 80.5 Å². The first kappa shape index (κ1) is 23.9. The number of hydrogen-bond acceptors (Lipinski definition) is 4. The van der Waals surface area contributed by atoms with Crippen LogP contribution >= 0.6 is 24.0 Å². The molecule has 1 N–H and O–H groups in total. The summed E-state index contributed by atoms with van der Waals surface area (Å²) < 4.78 is 23.7. The summed E-state index contributed by atoms with van der Waals surface area (Å²) in [6, 6.07) is 0.554. The molecule has 2 saturated heterocycles. The molecule has 2 fully saturated rings. The molecule has 2 rings (SSSR count). The maximum atomic E-state index is 12.2. The van der Waals surface area contributed by atoms with Gasteiger partial charge in [0.15, 0.2) is 15.8 Å². The Morgan fingerprint density at radius 3 is 2.62 bits per heavy atom. The molecule has 0 bridgehead atoms. The van der Waals surface area contributed by atoms with E-state index in [1.54, 1.807) is 7.05 Å². The zero-order chi connectivity index (χ0) is 18.5. The van der Waals surface area contributed by atoms with Crippen molar-refractivity contribution in [3.8, 4) is 0 Å². The van der Waals surface area contributed by atoms with Crippen LogP contribution in [0.25, 0.3) is 0 Å². The number of unbranched alkanes of at least 4 members (excludes halogenated alkanes) is 1. The van der Waals surface area contributed by atoms with Crippen molar-refractivity contribution in [3.05, 3.63) is 0 Å². The van der Waals surface area contributed by atoms with Crippen LogP contribution in [-0.2, 0) is 9.84 Å². The molecule has 0 radical (unpaired) electrons. The van der Waals surface area contributed by atoms with Gasteiger partial charge in [-0.1, -0.05) is 19.8 Å². The number of nitrogens with zero attached hydrogens (tertiary/aromatic N) is 3. The molecular formula is C18H37IN4O2S. The second kappa shape index (κ2) is 10.5. The van der Waals surface area contributed by atoms with Crippen LogP contribution in [0.4, 0.5) is 0 Å².